The zero-order valence-corrected chi connectivity index (χ0v) is 16.7. The maximum Gasteiger partial charge on any atom is 0.349 e. The number of carbonyl (C=O) groups is 2. The summed E-state index contributed by atoms with van der Waals surface area (Å²) in [7, 11) is 0. The molecule has 26 heavy (non-hydrogen) atoms. The SMILES string of the molecule is CC(C)COC(=O)c1cccc(OC(=O)COc2ccc(Br)cc2Cl)c1. The summed E-state index contributed by atoms with van der Waals surface area (Å²) >= 11 is 9.31. The normalized spacial score (nSPS) is 10.5. The molecule has 0 bridgehead atoms. The van der Waals surface area contributed by atoms with Gasteiger partial charge in [-0.15, -0.1) is 0 Å². The topological polar surface area (TPSA) is 61.8 Å². The van der Waals surface area contributed by atoms with Gasteiger partial charge in [-0.05, 0) is 42.3 Å². The van der Waals surface area contributed by atoms with E-state index in [2.05, 4.69) is 15.9 Å². The third kappa shape index (κ3) is 6.35. The van der Waals surface area contributed by atoms with Gasteiger partial charge in [-0.3, -0.25) is 0 Å². The van der Waals surface area contributed by atoms with Crippen molar-refractivity contribution in [2.75, 3.05) is 13.2 Å². The standard InChI is InChI=1S/C19H18BrClO5/c1-12(2)10-25-19(23)13-4-3-5-15(8-13)26-18(22)11-24-17-7-6-14(20)9-16(17)21/h3-9,12H,10-11H2,1-2H3. The quantitative estimate of drug-likeness (QED) is 0.452. The molecule has 0 heterocycles. The smallest absolute Gasteiger partial charge is 0.349 e. The highest BCUT2D eigenvalue weighted by Crippen LogP contribution is 2.27. The molecule has 138 valence electrons. The molecule has 2 aromatic carbocycles. The summed E-state index contributed by atoms with van der Waals surface area (Å²) in [5, 5.41) is 0.377. The lowest BCUT2D eigenvalue weighted by Gasteiger charge is -2.10. The minimum absolute atomic E-state index is 0.236. The number of ether oxygens (including phenoxy) is 3. The third-order valence-corrected chi connectivity index (χ3v) is 3.88. The Hall–Kier alpha value is -2.05. The first-order valence-corrected chi connectivity index (χ1v) is 9.08. The number of rotatable bonds is 7. The molecule has 0 spiro atoms. The van der Waals surface area contributed by atoms with Gasteiger partial charge in [0.15, 0.2) is 6.61 Å². The summed E-state index contributed by atoms with van der Waals surface area (Å²) in [6.45, 7) is 3.90. The maximum atomic E-state index is 12.0. The number of halogens is 2. The van der Waals surface area contributed by atoms with Crippen LogP contribution >= 0.6 is 27.5 Å². The van der Waals surface area contributed by atoms with E-state index in [1.807, 2.05) is 13.8 Å². The first-order chi connectivity index (χ1) is 12.3. The second-order valence-corrected chi connectivity index (χ2v) is 7.18. The Kier molecular flexibility index (Phi) is 7.48. The summed E-state index contributed by atoms with van der Waals surface area (Å²) in [5.74, 6) is -0.231. The van der Waals surface area contributed by atoms with Crippen LogP contribution in [0.25, 0.3) is 0 Å². The molecule has 0 aliphatic rings. The van der Waals surface area contributed by atoms with Gasteiger partial charge in [0.2, 0.25) is 0 Å². The van der Waals surface area contributed by atoms with Gasteiger partial charge in [-0.2, -0.15) is 0 Å². The molecule has 0 fully saturated rings. The highest BCUT2D eigenvalue weighted by Gasteiger charge is 2.12. The third-order valence-electron chi connectivity index (χ3n) is 3.09. The Bertz CT molecular complexity index is 791. The van der Waals surface area contributed by atoms with Crippen LogP contribution in [0.3, 0.4) is 0 Å². The predicted octanol–water partition coefficient (Wildman–Crippen LogP) is 4.90. The molecule has 0 aliphatic heterocycles. The van der Waals surface area contributed by atoms with Gasteiger partial charge in [-0.1, -0.05) is 47.4 Å². The predicted molar refractivity (Wildman–Crippen MR) is 102 cm³/mol. The van der Waals surface area contributed by atoms with Gasteiger partial charge >= 0.3 is 11.9 Å². The van der Waals surface area contributed by atoms with E-state index in [4.69, 9.17) is 25.8 Å². The first kappa shape index (κ1) is 20.3. The summed E-state index contributed by atoms with van der Waals surface area (Å²) < 4.78 is 16.5. The van der Waals surface area contributed by atoms with E-state index in [9.17, 15) is 9.59 Å². The van der Waals surface area contributed by atoms with Gasteiger partial charge in [0, 0.05) is 4.47 Å². The van der Waals surface area contributed by atoms with Gasteiger partial charge in [0.05, 0.1) is 17.2 Å². The molecule has 0 radical (unpaired) electrons. The van der Waals surface area contributed by atoms with Crippen LogP contribution in [0.2, 0.25) is 5.02 Å². The molecule has 0 amide bonds. The second kappa shape index (κ2) is 9.59. The minimum atomic E-state index is -0.614. The first-order valence-electron chi connectivity index (χ1n) is 7.91. The Morgan fingerprint density at radius 1 is 1.15 bits per heavy atom. The zero-order chi connectivity index (χ0) is 19.1. The van der Waals surface area contributed by atoms with Gasteiger partial charge < -0.3 is 14.2 Å². The van der Waals surface area contributed by atoms with Crippen LogP contribution in [0, 0.1) is 5.92 Å². The average Bonchev–Trinajstić information content (AvgIpc) is 2.59. The lowest BCUT2D eigenvalue weighted by Crippen LogP contribution is -2.18. The molecule has 0 saturated heterocycles. The van der Waals surface area contributed by atoms with Crippen molar-refractivity contribution in [2.24, 2.45) is 5.92 Å². The van der Waals surface area contributed by atoms with Crippen molar-refractivity contribution < 1.29 is 23.8 Å². The molecule has 0 N–H and O–H groups in total. The number of carbonyl (C=O) groups excluding carboxylic acids is 2. The highest BCUT2D eigenvalue weighted by molar-refractivity contribution is 9.10. The van der Waals surface area contributed by atoms with Gasteiger partial charge in [0.1, 0.15) is 11.5 Å². The molecule has 2 aromatic rings. The molecule has 5 nitrogen and oxygen atoms in total. The van der Waals surface area contributed by atoms with Crippen molar-refractivity contribution in [1.29, 1.82) is 0 Å². The zero-order valence-electron chi connectivity index (χ0n) is 14.3. The molecular formula is C19H18BrClO5. The molecule has 0 unspecified atom stereocenters. The monoisotopic (exact) mass is 440 g/mol. The molecule has 2 rings (SSSR count). The Morgan fingerprint density at radius 2 is 1.92 bits per heavy atom. The van der Waals surface area contributed by atoms with Crippen molar-refractivity contribution in [3.05, 3.63) is 57.5 Å². The van der Waals surface area contributed by atoms with Crippen molar-refractivity contribution in [1.82, 2.24) is 0 Å². The largest absolute Gasteiger partial charge is 0.480 e. The summed E-state index contributed by atoms with van der Waals surface area (Å²) in [5.41, 5.74) is 0.313. The van der Waals surface area contributed by atoms with Crippen LogP contribution in [-0.2, 0) is 9.53 Å². The van der Waals surface area contributed by atoms with Crippen LogP contribution in [0.5, 0.6) is 11.5 Å². The Morgan fingerprint density at radius 3 is 2.62 bits per heavy atom. The van der Waals surface area contributed by atoms with Crippen LogP contribution < -0.4 is 9.47 Å². The van der Waals surface area contributed by atoms with Crippen LogP contribution in [0.15, 0.2) is 46.9 Å². The number of esters is 2. The number of hydrogen-bond acceptors (Lipinski definition) is 5. The van der Waals surface area contributed by atoms with Crippen LogP contribution in [0.4, 0.5) is 0 Å². The van der Waals surface area contributed by atoms with E-state index in [1.54, 1.807) is 36.4 Å². The minimum Gasteiger partial charge on any atom is -0.480 e. The molecule has 0 aliphatic carbocycles. The Balaban J connectivity index is 1.92. The Labute approximate surface area is 165 Å². The van der Waals surface area contributed by atoms with Crippen molar-refractivity contribution >= 4 is 39.5 Å². The van der Waals surface area contributed by atoms with E-state index in [1.165, 1.54) is 6.07 Å². The summed E-state index contributed by atoms with van der Waals surface area (Å²) in [6.07, 6.45) is 0. The molecule has 0 atom stereocenters. The average molecular weight is 442 g/mol. The molecular weight excluding hydrogens is 424 g/mol. The lowest BCUT2D eigenvalue weighted by molar-refractivity contribution is -0.136. The fourth-order valence-electron chi connectivity index (χ4n) is 1.90. The lowest BCUT2D eigenvalue weighted by atomic mass is 10.2. The fraction of sp³-hybridized carbons (Fsp3) is 0.263. The fourth-order valence-corrected chi connectivity index (χ4v) is 2.63. The van der Waals surface area contributed by atoms with E-state index in [-0.39, 0.29) is 18.3 Å². The molecule has 0 aromatic heterocycles. The van der Waals surface area contributed by atoms with E-state index >= 15 is 0 Å². The second-order valence-electron chi connectivity index (χ2n) is 5.86. The number of hydrogen-bond donors (Lipinski definition) is 0. The van der Waals surface area contributed by atoms with Crippen molar-refractivity contribution in [2.45, 2.75) is 13.8 Å². The van der Waals surface area contributed by atoms with E-state index in [0.29, 0.717) is 22.9 Å². The van der Waals surface area contributed by atoms with E-state index in [0.717, 1.165) is 4.47 Å². The summed E-state index contributed by atoms with van der Waals surface area (Å²) in [4.78, 5) is 23.9. The molecule has 0 saturated carbocycles. The van der Waals surface area contributed by atoms with Crippen molar-refractivity contribution in [3.8, 4) is 11.5 Å². The maximum absolute atomic E-state index is 12.0. The number of benzene rings is 2. The van der Waals surface area contributed by atoms with Crippen molar-refractivity contribution in [3.63, 3.8) is 0 Å². The highest BCUT2D eigenvalue weighted by atomic mass is 79.9. The van der Waals surface area contributed by atoms with Gasteiger partial charge in [0.25, 0.3) is 0 Å². The van der Waals surface area contributed by atoms with E-state index < -0.39 is 11.9 Å². The summed E-state index contributed by atoms with van der Waals surface area (Å²) in [6, 6.07) is 11.3. The van der Waals surface area contributed by atoms with Gasteiger partial charge in [-0.25, -0.2) is 9.59 Å². The van der Waals surface area contributed by atoms with Crippen LogP contribution in [0.1, 0.15) is 24.2 Å². The van der Waals surface area contributed by atoms with Crippen LogP contribution in [-0.4, -0.2) is 25.2 Å². The molecule has 7 heteroatoms.